The number of amides is 3. The first-order valence-electron chi connectivity index (χ1n) is 15.7. The summed E-state index contributed by atoms with van der Waals surface area (Å²) in [6, 6.07) is 13.0. The molecule has 15 nitrogen and oxygen atoms in total. The van der Waals surface area contributed by atoms with Crippen molar-refractivity contribution in [1.29, 1.82) is 0 Å². The lowest BCUT2D eigenvalue weighted by Gasteiger charge is -2.26. The second-order valence-electron chi connectivity index (χ2n) is 11.4. The number of carbonyl (C=O) groups is 3. The van der Waals surface area contributed by atoms with E-state index in [9.17, 15) is 39.9 Å². The lowest BCUT2D eigenvalue weighted by molar-refractivity contribution is -0.134. The molecule has 5 rings (SSSR count). The van der Waals surface area contributed by atoms with E-state index in [0.717, 1.165) is 0 Å². The minimum Gasteiger partial charge on any atom is -0.507 e. The number of ether oxygens (including phenoxy) is 2. The van der Waals surface area contributed by atoms with Crippen LogP contribution < -0.4 is 10.6 Å². The molecule has 2 aliphatic rings. The molecule has 3 amide bonds. The first kappa shape index (κ1) is 34.3. The number of aliphatic imine (C=N–C) groups is 2. The second-order valence-corrected chi connectivity index (χ2v) is 11.4. The van der Waals surface area contributed by atoms with Crippen molar-refractivity contribution in [1.82, 2.24) is 15.5 Å². The lowest BCUT2D eigenvalue weighted by atomic mass is 10.1. The number of carbonyl (C=O) groups excluding carboxylic acids is 3. The Morgan fingerprint density at radius 2 is 1.37 bits per heavy atom. The fourth-order valence-corrected chi connectivity index (χ4v) is 5.31. The van der Waals surface area contributed by atoms with E-state index in [2.05, 4.69) is 20.6 Å². The smallest absolute Gasteiger partial charge is 0.255 e. The average molecular weight is 676 g/mol. The monoisotopic (exact) mass is 675 g/mol. The Morgan fingerprint density at radius 3 is 2.02 bits per heavy atom. The van der Waals surface area contributed by atoms with Gasteiger partial charge in [-0.15, -0.1) is 0 Å². The highest BCUT2D eigenvalue weighted by Gasteiger charge is 2.37. The summed E-state index contributed by atoms with van der Waals surface area (Å²) in [4.78, 5) is 49.3. The van der Waals surface area contributed by atoms with Crippen LogP contribution in [0.3, 0.4) is 0 Å². The van der Waals surface area contributed by atoms with Gasteiger partial charge in [0.15, 0.2) is 35.1 Å². The molecule has 3 aromatic rings. The van der Waals surface area contributed by atoms with Crippen molar-refractivity contribution in [3.8, 4) is 28.7 Å². The maximum Gasteiger partial charge on any atom is 0.255 e. The van der Waals surface area contributed by atoms with Crippen LogP contribution in [0.25, 0.3) is 0 Å². The largest absolute Gasteiger partial charge is 0.507 e. The molecule has 0 fully saturated rings. The van der Waals surface area contributed by atoms with Crippen molar-refractivity contribution in [2.45, 2.75) is 38.0 Å². The van der Waals surface area contributed by atoms with Gasteiger partial charge in [0.25, 0.3) is 11.8 Å². The molecule has 15 heteroatoms. The van der Waals surface area contributed by atoms with Crippen LogP contribution in [0.5, 0.6) is 28.7 Å². The molecule has 2 aliphatic heterocycles. The third-order valence-electron chi connectivity index (χ3n) is 7.95. The highest BCUT2D eigenvalue weighted by atomic mass is 16.5. The van der Waals surface area contributed by atoms with Crippen LogP contribution in [0.2, 0.25) is 0 Å². The number of para-hydroxylation sites is 3. The van der Waals surface area contributed by atoms with E-state index in [1.165, 1.54) is 48.5 Å². The number of phenols is 5. The fraction of sp³-hybridized carbons (Fsp3) is 0.324. The summed E-state index contributed by atoms with van der Waals surface area (Å²) >= 11 is 0. The van der Waals surface area contributed by atoms with Gasteiger partial charge >= 0.3 is 0 Å². The van der Waals surface area contributed by atoms with E-state index < -0.39 is 41.5 Å². The zero-order valence-electron chi connectivity index (χ0n) is 26.6. The highest BCUT2D eigenvalue weighted by molar-refractivity contribution is 6.02. The van der Waals surface area contributed by atoms with Crippen LogP contribution >= 0.6 is 0 Å². The highest BCUT2D eigenvalue weighted by Crippen LogP contribution is 2.32. The number of nitrogens with zero attached hydrogens (tertiary/aromatic N) is 3. The third kappa shape index (κ3) is 7.94. The normalized spacial score (nSPS) is 18.1. The molecule has 0 saturated heterocycles. The molecule has 258 valence electrons. The standard InChI is InChI=1S/C34H37N5O10/c1-19-27(38-33(49-19)22-10-5-13-26(42)29(22)44)34(47)39(16-6-14-35-30(45)20-8-2-3-11-24(20)40)17-7-15-36-31(46)23-18-48-32(37-23)21-9-4-12-25(41)28(21)43/h2-5,8-13,19,23,27,40-44H,6-7,14-18H2,1H3,(H,35,45)(H,36,46). The molecule has 0 aromatic heterocycles. The fourth-order valence-electron chi connectivity index (χ4n) is 5.31. The zero-order valence-corrected chi connectivity index (χ0v) is 26.6. The van der Waals surface area contributed by atoms with Crippen LogP contribution in [0, 0.1) is 0 Å². The number of benzene rings is 3. The van der Waals surface area contributed by atoms with Gasteiger partial charge in [-0.05, 0) is 56.2 Å². The van der Waals surface area contributed by atoms with Crippen molar-refractivity contribution in [2.24, 2.45) is 9.98 Å². The summed E-state index contributed by atoms with van der Waals surface area (Å²) in [6.45, 7) is 2.43. The van der Waals surface area contributed by atoms with Gasteiger partial charge in [0.1, 0.15) is 18.5 Å². The molecular formula is C34H37N5O10. The summed E-state index contributed by atoms with van der Waals surface area (Å²) in [5.74, 6) is -2.87. The second kappa shape index (κ2) is 15.3. The number of phenolic OH excluding ortho intramolecular Hbond substituents is 5. The Labute approximate surface area is 281 Å². The molecule has 7 N–H and O–H groups in total. The van der Waals surface area contributed by atoms with E-state index >= 15 is 0 Å². The number of rotatable bonds is 13. The van der Waals surface area contributed by atoms with Gasteiger partial charge in [0.05, 0.1) is 16.7 Å². The Bertz CT molecular complexity index is 1780. The zero-order chi connectivity index (χ0) is 35.1. The molecule has 3 atom stereocenters. The Balaban J connectivity index is 1.20. The minimum atomic E-state index is -0.959. The van der Waals surface area contributed by atoms with E-state index in [0.29, 0.717) is 12.8 Å². The molecule has 49 heavy (non-hydrogen) atoms. The third-order valence-corrected chi connectivity index (χ3v) is 7.95. The van der Waals surface area contributed by atoms with Crippen LogP contribution in [0.15, 0.2) is 70.6 Å². The summed E-state index contributed by atoms with van der Waals surface area (Å²) in [6.07, 6.45) is 0.0281. The summed E-state index contributed by atoms with van der Waals surface area (Å²) < 4.78 is 11.3. The number of hydrogen-bond acceptors (Lipinski definition) is 12. The molecular weight excluding hydrogens is 638 g/mol. The van der Waals surface area contributed by atoms with Gasteiger partial charge < -0.3 is 50.5 Å². The lowest BCUT2D eigenvalue weighted by Crippen LogP contribution is -2.44. The molecule has 2 heterocycles. The maximum atomic E-state index is 13.8. The SMILES string of the molecule is CC1OC(c2cccc(O)c2O)=NC1C(=O)N(CCCNC(=O)c1ccccc1O)CCCNC(=O)C1COC(c2cccc(O)c2O)=N1. The van der Waals surface area contributed by atoms with Crippen LogP contribution in [-0.2, 0) is 19.1 Å². The quantitative estimate of drug-likeness (QED) is 0.103. The number of nitrogens with one attached hydrogen (secondary N) is 2. The minimum absolute atomic E-state index is 0.0131. The average Bonchev–Trinajstić information content (AvgIpc) is 3.73. The van der Waals surface area contributed by atoms with Gasteiger partial charge in [-0.1, -0.05) is 24.3 Å². The van der Waals surface area contributed by atoms with E-state index in [1.54, 1.807) is 24.0 Å². The Kier molecular flexibility index (Phi) is 10.7. The van der Waals surface area contributed by atoms with Gasteiger partial charge in [-0.25, -0.2) is 9.98 Å². The molecule has 0 aliphatic carbocycles. The van der Waals surface area contributed by atoms with Crippen LogP contribution in [0.4, 0.5) is 0 Å². The first-order chi connectivity index (χ1) is 23.5. The Morgan fingerprint density at radius 1 is 0.776 bits per heavy atom. The summed E-state index contributed by atoms with van der Waals surface area (Å²) in [7, 11) is 0. The molecule has 0 spiro atoms. The van der Waals surface area contributed by atoms with Crippen LogP contribution in [-0.4, -0.2) is 111 Å². The number of aromatic hydroxyl groups is 5. The van der Waals surface area contributed by atoms with E-state index in [4.69, 9.17) is 9.47 Å². The van der Waals surface area contributed by atoms with E-state index in [1.807, 2.05) is 0 Å². The van der Waals surface area contributed by atoms with Crippen molar-refractivity contribution < 1.29 is 49.4 Å². The van der Waals surface area contributed by atoms with Crippen LogP contribution in [0.1, 0.15) is 41.3 Å². The molecule has 3 unspecified atom stereocenters. The van der Waals surface area contributed by atoms with Crippen molar-refractivity contribution in [3.63, 3.8) is 0 Å². The van der Waals surface area contributed by atoms with Crippen molar-refractivity contribution >= 4 is 29.5 Å². The van der Waals surface area contributed by atoms with Gasteiger partial charge in [-0.2, -0.15) is 0 Å². The summed E-state index contributed by atoms with van der Waals surface area (Å²) in [5, 5.41) is 55.5. The van der Waals surface area contributed by atoms with Gasteiger partial charge in [-0.3, -0.25) is 14.4 Å². The predicted octanol–water partition coefficient (Wildman–Crippen LogP) is 1.75. The Hall–Kier alpha value is -5.99. The molecule has 3 aromatic carbocycles. The number of hydrogen-bond donors (Lipinski definition) is 7. The molecule has 0 saturated carbocycles. The van der Waals surface area contributed by atoms with Gasteiger partial charge in [0, 0.05) is 26.2 Å². The summed E-state index contributed by atoms with van der Waals surface area (Å²) in [5.41, 5.74) is 0.434. The maximum absolute atomic E-state index is 13.8. The topological polar surface area (TPSA) is 223 Å². The first-order valence-corrected chi connectivity index (χ1v) is 15.7. The van der Waals surface area contributed by atoms with Gasteiger partial charge in [0.2, 0.25) is 17.7 Å². The van der Waals surface area contributed by atoms with E-state index in [-0.39, 0.29) is 84.4 Å². The van der Waals surface area contributed by atoms with Crippen molar-refractivity contribution in [2.75, 3.05) is 32.8 Å². The molecule has 0 bridgehead atoms. The molecule has 0 radical (unpaired) electrons. The van der Waals surface area contributed by atoms with Crippen molar-refractivity contribution in [3.05, 3.63) is 77.4 Å². The predicted molar refractivity (Wildman–Crippen MR) is 176 cm³/mol.